The van der Waals surface area contributed by atoms with Gasteiger partial charge >= 0.3 is 20.4 Å². The summed E-state index contributed by atoms with van der Waals surface area (Å²) in [5, 5.41) is 0. The third kappa shape index (κ3) is 5.73. The maximum Gasteiger partial charge on any atom is 0.353 e. The van der Waals surface area contributed by atoms with Gasteiger partial charge in [0.1, 0.15) is 0 Å². The Kier molecular flexibility index (Phi) is 4.48. The minimum atomic E-state index is -4.60. The van der Waals surface area contributed by atoms with E-state index >= 15 is 0 Å². The Morgan fingerprint density at radius 2 is 1.47 bits per heavy atom. The van der Waals surface area contributed by atoms with Crippen LogP contribution in [0.3, 0.4) is 0 Å². The zero-order valence-electron chi connectivity index (χ0n) is 9.31. The molecule has 1 heterocycles. The summed E-state index contributed by atoms with van der Waals surface area (Å²) < 4.78 is 67.0. The molecule has 0 aromatic rings. The quantitative estimate of drug-likeness (QED) is 0.529. The molecule has 9 heteroatoms. The number of quaternary nitrogens is 1. The van der Waals surface area contributed by atoms with Gasteiger partial charge in [-0.15, -0.1) is 3.89 Å². The minimum Gasteiger partial charge on any atom is -0.309 e. The lowest BCUT2D eigenvalue weighted by Gasteiger charge is -2.32. The lowest BCUT2D eigenvalue weighted by molar-refractivity contribution is -0.905. The second-order valence-electron chi connectivity index (χ2n) is 4.48. The molecule has 0 spiro atoms. The van der Waals surface area contributed by atoms with E-state index in [9.17, 15) is 24.6 Å². The molecule has 1 saturated heterocycles. The average Bonchev–Trinajstić information content (AvgIpc) is 2.47. The van der Waals surface area contributed by atoms with E-state index in [2.05, 4.69) is 0 Å². The molecule has 102 valence electrons. The summed E-state index contributed by atoms with van der Waals surface area (Å²) in [7, 11) is -9.14. The molecular formula is C8H16F2NO4S2+. The Labute approximate surface area is 100 Å². The first-order chi connectivity index (χ1) is 7.62. The van der Waals surface area contributed by atoms with E-state index in [4.69, 9.17) is 0 Å². The van der Waals surface area contributed by atoms with Crippen molar-refractivity contribution in [3.8, 4) is 0 Å². The second kappa shape index (κ2) is 5.15. The number of nitrogens with zero attached hydrogens (tertiary/aromatic N) is 1. The molecule has 1 aliphatic rings. The van der Waals surface area contributed by atoms with Crippen LogP contribution in [0.1, 0.15) is 19.3 Å². The average molecular weight is 292 g/mol. The lowest BCUT2D eigenvalue weighted by atomic mass is 10.4. The van der Waals surface area contributed by atoms with Gasteiger partial charge in [-0.3, -0.25) is 0 Å². The molecular weight excluding hydrogens is 276 g/mol. The first-order valence-corrected chi connectivity index (χ1v) is 8.42. The highest BCUT2D eigenvalue weighted by Gasteiger charge is 2.36. The summed E-state index contributed by atoms with van der Waals surface area (Å²) >= 11 is 0. The van der Waals surface area contributed by atoms with E-state index < -0.39 is 32.1 Å². The molecule has 0 atom stereocenters. The number of hydrogen-bond acceptors (Lipinski definition) is 4. The second-order valence-corrected chi connectivity index (χ2v) is 7.31. The molecule has 0 aliphatic carbocycles. The van der Waals surface area contributed by atoms with Gasteiger partial charge in [0.2, 0.25) is 5.88 Å². The zero-order chi connectivity index (χ0) is 13.2. The van der Waals surface area contributed by atoms with Gasteiger partial charge in [-0.05, 0) is 0 Å². The fourth-order valence-electron chi connectivity index (χ4n) is 2.32. The maximum absolute atomic E-state index is 12.7. The van der Waals surface area contributed by atoms with Crippen molar-refractivity contribution in [3.05, 3.63) is 0 Å². The smallest absolute Gasteiger partial charge is 0.309 e. The highest BCUT2D eigenvalue weighted by molar-refractivity contribution is 7.86. The van der Waals surface area contributed by atoms with Gasteiger partial charge < -0.3 is 4.48 Å². The van der Waals surface area contributed by atoms with Crippen molar-refractivity contribution < 1.29 is 29.1 Å². The number of likely N-dealkylation sites (tertiary alicyclic amines) is 1. The van der Waals surface area contributed by atoms with Crippen LogP contribution in [-0.2, 0) is 20.4 Å². The minimum absolute atomic E-state index is 0.00829. The van der Waals surface area contributed by atoms with Crippen LogP contribution in [-0.4, -0.2) is 52.6 Å². The standard InChI is InChI=1S/C8H16F2NO4S2/c9-16(12,13)7-3-6-11(4-1-2-5-11)8-17(10,14)15/h1-8H2/q+1. The van der Waals surface area contributed by atoms with Crippen LogP contribution in [0, 0.1) is 0 Å². The van der Waals surface area contributed by atoms with Crippen LogP contribution in [0.4, 0.5) is 7.77 Å². The predicted molar refractivity (Wildman–Crippen MR) is 58.5 cm³/mol. The Balaban J connectivity index is 2.60. The van der Waals surface area contributed by atoms with E-state index in [1.807, 2.05) is 0 Å². The largest absolute Gasteiger partial charge is 0.353 e. The fraction of sp³-hybridized carbons (Fsp3) is 1.00. The van der Waals surface area contributed by atoms with Crippen LogP contribution < -0.4 is 0 Å². The Morgan fingerprint density at radius 3 is 1.88 bits per heavy atom. The SMILES string of the molecule is O=S(=O)(F)CCC[N+]1(CS(=O)(=O)F)CCCC1. The lowest BCUT2D eigenvalue weighted by Crippen LogP contribution is -2.49. The van der Waals surface area contributed by atoms with E-state index in [1.54, 1.807) is 0 Å². The normalized spacial score (nSPS) is 20.6. The highest BCUT2D eigenvalue weighted by atomic mass is 32.3. The molecule has 0 saturated carbocycles. The van der Waals surface area contributed by atoms with Gasteiger partial charge in [0.05, 0.1) is 25.4 Å². The topological polar surface area (TPSA) is 68.3 Å². The molecule has 1 fully saturated rings. The van der Waals surface area contributed by atoms with Gasteiger partial charge in [0, 0.05) is 19.3 Å². The Bertz CT molecular complexity index is 454. The number of hydrogen-bond donors (Lipinski definition) is 0. The molecule has 0 unspecified atom stereocenters. The summed E-state index contributed by atoms with van der Waals surface area (Å²) in [5.41, 5.74) is 0. The first kappa shape index (κ1) is 14.8. The van der Waals surface area contributed by atoms with Gasteiger partial charge in [0.15, 0.2) is 0 Å². The van der Waals surface area contributed by atoms with Gasteiger partial charge in [-0.2, -0.15) is 16.8 Å². The molecule has 0 bridgehead atoms. The van der Waals surface area contributed by atoms with Crippen molar-refractivity contribution in [3.63, 3.8) is 0 Å². The van der Waals surface area contributed by atoms with Crippen molar-refractivity contribution in [1.29, 1.82) is 0 Å². The van der Waals surface area contributed by atoms with Crippen molar-refractivity contribution in [2.45, 2.75) is 19.3 Å². The van der Waals surface area contributed by atoms with E-state index in [1.165, 1.54) is 0 Å². The van der Waals surface area contributed by atoms with E-state index in [0.29, 0.717) is 13.1 Å². The fourth-order valence-corrected chi connectivity index (χ4v) is 3.84. The van der Waals surface area contributed by atoms with Gasteiger partial charge in [-0.1, -0.05) is 3.89 Å². The molecule has 0 aromatic carbocycles. The van der Waals surface area contributed by atoms with E-state index in [-0.39, 0.29) is 17.4 Å². The summed E-state index contributed by atoms with van der Waals surface area (Å²) in [5.74, 6) is -1.28. The Hall–Kier alpha value is -0.280. The van der Waals surface area contributed by atoms with Crippen LogP contribution in [0.5, 0.6) is 0 Å². The van der Waals surface area contributed by atoms with Crippen molar-refractivity contribution in [2.24, 2.45) is 0 Å². The van der Waals surface area contributed by atoms with Crippen molar-refractivity contribution >= 4 is 20.4 Å². The van der Waals surface area contributed by atoms with Crippen LogP contribution in [0.25, 0.3) is 0 Å². The molecule has 0 aromatic heterocycles. The summed E-state index contributed by atoms with van der Waals surface area (Å²) in [6.07, 6.45) is 1.56. The molecule has 0 amide bonds. The van der Waals surface area contributed by atoms with Crippen molar-refractivity contribution in [2.75, 3.05) is 31.3 Å². The Morgan fingerprint density at radius 1 is 0.941 bits per heavy atom. The van der Waals surface area contributed by atoms with Crippen molar-refractivity contribution in [1.82, 2.24) is 0 Å². The van der Waals surface area contributed by atoms with Gasteiger partial charge in [-0.25, -0.2) is 0 Å². The molecule has 0 N–H and O–H groups in total. The zero-order valence-corrected chi connectivity index (χ0v) is 10.9. The molecule has 0 radical (unpaired) electrons. The van der Waals surface area contributed by atoms with E-state index in [0.717, 1.165) is 12.8 Å². The van der Waals surface area contributed by atoms with Gasteiger partial charge in [0.25, 0.3) is 0 Å². The van der Waals surface area contributed by atoms with Crippen LogP contribution in [0.2, 0.25) is 0 Å². The molecule has 17 heavy (non-hydrogen) atoms. The maximum atomic E-state index is 12.7. The number of halogens is 2. The number of rotatable bonds is 6. The molecule has 1 aliphatic heterocycles. The first-order valence-electron chi connectivity index (χ1n) is 5.32. The molecule has 1 rings (SSSR count). The third-order valence-electron chi connectivity index (χ3n) is 2.96. The third-order valence-corrected chi connectivity index (χ3v) is 4.60. The van der Waals surface area contributed by atoms with Crippen LogP contribution in [0.15, 0.2) is 0 Å². The monoisotopic (exact) mass is 292 g/mol. The summed E-state index contributed by atoms with van der Waals surface area (Å²) in [6, 6.07) is 0. The predicted octanol–water partition coefficient (Wildman–Crippen LogP) is 0.543. The molecule has 5 nitrogen and oxygen atoms in total. The highest BCUT2D eigenvalue weighted by Crippen LogP contribution is 2.22. The summed E-state index contributed by atoms with van der Waals surface area (Å²) in [6.45, 7) is 1.16. The van der Waals surface area contributed by atoms with Crippen LogP contribution >= 0.6 is 0 Å². The summed E-state index contributed by atoms with van der Waals surface area (Å²) in [4.78, 5) is 0.